The van der Waals surface area contributed by atoms with E-state index in [0.29, 0.717) is 12.1 Å². The number of likely N-dealkylation sites (tertiary alicyclic amines) is 1. The van der Waals surface area contributed by atoms with E-state index in [0.717, 1.165) is 6.04 Å². The molecule has 0 radical (unpaired) electrons. The van der Waals surface area contributed by atoms with Gasteiger partial charge >= 0.3 is 0 Å². The van der Waals surface area contributed by atoms with E-state index in [9.17, 15) is 0 Å². The van der Waals surface area contributed by atoms with Gasteiger partial charge in [-0.1, -0.05) is 13.8 Å². The molecule has 0 saturated carbocycles. The van der Waals surface area contributed by atoms with Crippen molar-refractivity contribution in [2.24, 2.45) is 0 Å². The lowest BCUT2D eigenvalue weighted by Crippen LogP contribution is -2.49. The Bertz CT molecular complexity index is 143. The predicted octanol–water partition coefficient (Wildman–Crippen LogP) is 1.86. The standard InChI is InChI=1S/C11H24N2/c1-9(2)12-11-6-5-7-13(8-11)10(3)4/h9-12H,5-8H2,1-4H3. The molecule has 1 saturated heterocycles. The average Bonchev–Trinajstić information content (AvgIpc) is 2.03. The lowest BCUT2D eigenvalue weighted by atomic mass is 10.0. The van der Waals surface area contributed by atoms with E-state index >= 15 is 0 Å². The molecule has 1 atom stereocenters. The second-order valence-corrected chi connectivity index (χ2v) is 4.75. The van der Waals surface area contributed by atoms with E-state index < -0.39 is 0 Å². The van der Waals surface area contributed by atoms with Gasteiger partial charge in [0.25, 0.3) is 0 Å². The van der Waals surface area contributed by atoms with E-state index in [1.54, 1.807) is 0 Å². The van der Waals surface area contributed by atoms with Gasteiger partial charge in [0.15, 0.2) is 0 Å². The number of hydrogen-bond donors (Lipinski definition) is 1. The summed E-state index contributed by atoms with van der Waals surface area (Å²) in [6.07, 6.45) is 2.70. The second kappa shape index (κ2) is 4.97. The lowest BCUT2D eigenvalue weighted by Gasteiger charge is -2.36. The van der Waals surface area contributed by atoms with Crippen LogP contribution < -0.4 is 5.32 Å². The monoisotopic (exact) mass is 184 g/mol. The molecule has 0 aliphatic carbocycles. The highest BCUT2D eigenvalue weighted by Crippen LogP contribution is 2.12. The van der Waals surface area contributed by atoms with Crippen LogP contribution in [-0.2, 0) is 0 Å². The summed E-state index contributed by atoms with van der Waals surface area (Å²) in [5.74, 6) is 0. The maximum atomic E-state index is 3.62. The summed E-state index contributed by atoms with van der Waals surface area (Å²) >= 11 is 0. The van der Waals surface area contributed by atoms with Gasteiger partial charge < -0.3 is 5.32 Å². The summed E-state index contributed by atoms with van der Waals surface area (Å²) in [5.41, 5.74) is 0. The Balaban J connectivity index is 2.33. The molecule has 1 heterocycles. The Morgan fingerprint density at radius 3 is 2.46 bits per heavy atom. The molecule has 0 aromatic heterocycles. The first-order valence-electron chi connectivity index (χ1n) is 5.59. The number of hydrogen-bond acceptors (Lipinski definition) is 2. The molecule has 0 amide bonds. The molecular formula is C11H24N2. The van der Waals surface area contributed by atoms with Crippen molar-refractivity contribution in [3.63, 3.8) is 0 Å². The van der Waals surface area contributed by atoms with E-state index in [1.807, 2.05) is 0 Å². The van der Waals surface area contributed by atoms with Crippen molar-refractivity contribution in [1.29, 1.82) is 0 Å². The minimum Gasteiger partial charge on any atom is -0.311 e. The normalized spacial score (nSPS) is 25.8. The van der Waals surface area contributed by atoms with Gasteiger partial charge in [0, 0.05) is 24.7 Å². The van der Waals surface area contributed by atoms with Crippen molar-refractivity contribution in [3.05, 3.63) is 0 Å². The van der Waals surface area contributed by atoms with Crippen molar-refractivity contribution in [2.45, 2.75) is 58.7 Å². The quantitative estimate of drug-likeness (QED) is 0.720. The van der Waals surface area contributed by atoms with Gasteiger partial charge in [-0.3, -0.25) is 4.90 Å². The Morgan fingerprint density at radius 1 is 1.23 bits per heavy atom. The summed E-state index contributed by atoms with van der Waals surface area (Å²) in [6.45, 7) is 11.6. The third-order valence-corrected chi connectivity index (χ3v) is 2.75. The Morgan fingerprint density at radius 2 is 1.92 bits per heavy atom. The first-order valence-corrected chi connectivity index (χ1v) is 5.59. The van der Waals surface area contributed by atoms with E-state index in [2.05, 4.69) is 37.9 Å². The van der Waals surface area contributed by atoms with Gasteiger partial charge in [0.2, 0.25) is 0 Å². The average molecular weight is 184 g/mol. The smallest absolute Gasteiger partial charge is 0.0197 e. The Labute approximate surface area is 82.7 Å². The van der Waals surface area contributed by atoms with Crippen LogP contribution in [0.4, 0.5) is 0 Å². The van der Waals surface area contributed by atoms with Gasteiger partial charge in [0.05, 0.1) is 0 Å². The van der Waals surface area contributed by atoms with Crippen LogP contribution >= 0.6 is 0 Å². The topological polar surface area (TPSA) is 15.3 Å². The van der Waals surface area contributed by atoms with Crippen molar-refractivity contribution in [2.75, 3.05) is 13.1 Å². The molecule has 1 unspecified atom stereocenters. The van der Waals surface area contributed by atoms with Crippen molar-refractivity contribution < 1.29 is 0 Å². The number of piperidine rings is 1. The molecule has 0 aromatic carbocycles. The maximum absolute atomic E-state index is 3.62. The molecule has 2 nitrogen and oxygen atoms in total. The number of rotatable bonds is 3. The molecule has 2 heteroatoms. The molecule has 1 aliphatic rings. The highest BCUT2D eigenvalue weighted by molar-refractivity contribution is 4.80. The third kappa shape index (κ3) is 3.65. The molecule has 0 spiro atoms. The lowest BCUT2D eigenvalue weighted by molar-refractivity contribution is 0.151. The molecule has 1 N–H and O–H groups in total. The Hall–Kier alpha value is -0.0800. The number of nitrogens with one attached hydrogen (secondary N) is 1. The minimum atomic E-state index is 0.622. The zero-order chi connectivity index (χ0) is 9.84. The molecule has 1 aliphatic heterocycles. The summed E-state index contributed by atoms with van der Waals surface area (Å²) in [5, 5.41) is 3.62. The van der Waals surface area contributed by atoms with Crippen LogP contribution in [0.25, 0.3) is 0 Å². The maximum Gasteiger partial charge on any atom is 0.0197 e. The van der Waals surface area contributed by atoms with Crippen LogP contribution in [0.1, 0.15) is 40.5 Å². The van der Waals surface area contributed by atoms with E-state index in [-0.39, 0.29) is 0 Å². The highest BCUT2D eigenvalue weighted by atomic mass is 15.2. The third-order valence-electron chi connectivity index (χ3n) is 2.75. The molecule has 0 bridgehead atoms. The van der Waals surface area contributed by atoms with Crippen molar-refractivity contribution >= 4 is 0 Å². The predicted molar refractivity (Wildman–Crippen MR) is 58.0 cm³/mol. The van der Waals surface area contributed by atoms with Crippen molar-refractivity contribution in [1.82, 2.24) is 10.2 Å². The molecule has 1 rings (SSSR count). The van der Waals surface area contributed by atoms with Gasteiger partial charge in [-0.2, -0.15) is 0 Å². The zero-order valence-electron chi connectivity index (χ0n) is 9.51. The van der Waals surface area contributed by atoms with Crippen LogP contribution in [0.2, 0.25) is 0 Å². The van der Waals surface area contributed by atoms with Crippen LogP contribution in [0.5, 0.6) is 0 Å². The van der Waals surface area contributed by atoms with Gasteiger partial charge in [-0.05, 0) is 33.2 Å². The molecule has 1 fully saturated rings. The first-order chi connectivity index (χ1) is 6.09. The second-order valence-electron chi connectivity index (χ2n) is 4.75. The van der Waals surface area contributed by atoms with Crippen LogP contribution in [0, 0.1) is 0 Å². The summed E-state index contributed by atoms with van der Waals surface area (Å²) in [4.78, 5) is 2.57. The SMILES string of the molecule is CC(C)NC1CCCN(C(C)C)C1. The van der Waals surface area contributed by atoms with Crippen LogP contribution in [0.3, 0.4) is 0 Å². The van der Waals surface area contributed by atoms with E-state index in [1.165, 1.54) is 25.9 Å². The largest absolute Gasteiger partial charge is 0.311 e. The zero-order valence-corrected chi connectivity index (χ0v) is 9.51. The summed E-state index contributed by atoms with van der Waals surface area (Å²) in [6, 6.07) is 2.05. The van der Waals surface area contributed by atoms with Crippen LogP contribution in [-0.4, -0.2) is 36.1 Å². The molecular weight excluding hydrogens is 160 g/mol. The number of nitrogens with zero attached hydrogens (tertiary/aromatic N) is 1. The molecule has 0 aromatic rings. The fourth-order valence-corrected chi connectivity index (χ4v) is 2.08. The van der Waals surface area contributed by atoms with E-state index in [4.69, 9.17) is 0 Å². The fraction of sp³-hybridized carbons (Fsp3) is 1.00. The molecule has 13 heavy (non-hydrogen) atoms. The van der Waals surface area contributed by atoms with Gasteiger partial charge in [-0.25, -0.2) is 0 Å². The molecule has 78 valence electrons. The van der Waals surface area contributed by atoms with Crippen molar-refractivity contribution in [3.8, 4) is 0 Å². The van der Waals surface area contributed by atoms with Crippen LogP contribution in [0.15, 0.2) is 0 Å². The summed E-state index contributed by atoms with van der Waals surface area (Å²) in [7, 11) is 0. The minimum absolute atomic E-state index is 0.622. The first kappa shape index (κ1) is 11.0. The highest BCUT2D eigenvalue weighted by Gasteiger charge is 2.21. The summed E-state index contributed by atoms with van der Waals surface area (Å²) < 4.78 is 0. The van der Waals surface area contributed by atoms with Gasteiger partial charge in [-0.15, -0.1) is 0 Å². The fourth-order valence-electron chi connectivity index (χ4n) is 2.08. The Kier molecular flexibility index (Phi) is 4.20. The van der Waals surface area contributed by atoms with Gasteiger partial charge in [0.1, 0.15) is 0 Å².